The molecule has 2 aromatic heterocycles. The van der Waals surface area contributed by atoms with Crippen LogP contribution in [0.1, 0.15) is 134 Å². The number of amides is 3. The lowest BCUT2D eigenvalue weighted by Crippen LogP contribution is -2.54. The van der Waals surface area contributed by atoms with Crippen LogP contribution in [0.3, 0.4) is 0 Å². The van der Waals surface area contributed by atoms with E-state index in [1.165, 1.54) is 37.8 Å². The third-order valence-corrected chi connectivity index (χ3v) is 16.7. The van der Waals surface area contributed by atoms with Crippen molar-refractivity contribution >= 4 is 65.4 Å². The van der Waals surface area contributed by atoms with Crippen LogP contribution in [0.2, 0.25) is 0 Å². The summed E-state index contributed by atoms with van der Waals surface area (Å²) < 4.78 is 21.8. The summed E-state index contributed by atoms with van der Waals surface area (Å²) in [5.41, 5.74) is 5.71. The number of likely N-dealkylation sites (tertiary alicyclic amines) is 2. The second kappa shape index (κ2) is 22.5. The van der Waals surface area contributed by atoms with E-state index in [2.05, 4.69) is 62.0 Å². The molecule has 6 heterocycles. The molecule has 0 spiro atoms. The molecule has 5 aliphatic rings. The van der Waals surface area contributed by atoms with Gasteiger partial charge in [0.2, 0.25) is 17.7 Å². The number of nitrogens with one attached hydrogen (secondary N) is 1. The highest BCUT2D eigenvalue weighted by Gasteiger charge is 2.46. The van der Waals surface area contributed by atoms with Crippen molar-refractivity contribution in [2.45, 2.75) is 124 Å². The lowest BCUT2D eigenvalue weighted by Gasteiger charge is -2.39. The summed E-state index contributed by atoms with van der Waals surface area (Å²) >= 11 is 0. The third-order valence-electron chi connectivity index (χ3n) is 16.2. The Morgan fingerprint density at radius 2 is 1.71 bits per heavy atom. The van der Waals surface area contributed by atoms with Crippen molar-refractivity contribution < 1.29 is 23.5 Å². The van der Waals surface area contributed by atoms with E-state index >= 15 is 4.39 Å². The molecule has 3 aromatic carbocycles. The topological polar surface area (TPSA) is 124 Å². The van der Waals surface area contributed by atoms with Gasteiger partial charge in [0.15, 0.2) is 0 Å². The van der Waals surface area contributed by atoms with Gasteiger partial charge in [0.05, 0.1) is 28.8 Å². The molecular weight excluding hydrogens is 935 g/mol. The Morgan fingerprint density at radius 3 is 2.40 bits per heavy atom. The van der Waals surface area contributed by atoms with Crippen LogP contribution in [0, 0.1) is 35.4 Å². The van der Waals surface area contributed by atoms with Crippen molar-refractivity contribution in [3.63, 3.8) is 0 Å². The molecule has 1 saturated carbocycles. The van der Waals surface area contributed by atoms with Crippen LogP contribution in [0.15, 0.2) is 54.7 Å². The first-order chi connectivity index (χ1) is 35.3. The third kappa shape index (κ3) is 11.1. The number of carbonyl (C=O) groups excluding carboxylic acids is 3. The zero-order valence-electron chi connectivity index (χ0n) is 43.8. The average molecular weight is 1010 g/mol. The SMILES string of the molecule is C#Cc1c(F)ccc2cccc(-c3ncc4c(N5CCCC(C)C5)nc(OCC5(CN6CCC(CN7CCC(c8cccc(N(C(C)=O)C9CCC(=O)NC9=O)c8C(C)C)CC7)CC6)CC5)nc4c3P)c12.CC. The van der Waals surface area contributed by atoms with Crippen LogP contribution in [-0.4, -0.2) is 107 Å². The quantitative estimate of drug-likeness (QED) is 0.0693. The summed E-state index contributed by atoms with van der Waals surface area (Å²) in [5, 5.41) is 5.63. The molecule has 4 aliphatic heterocycles. The monoisotopic (exact) mass is 1010 g/mol. The molecule has 3 atom stereocenters. The molecule has 386 valence electrons. The second-order valence-electron chi connectivity index (χ2n) is 21.7. The molecule has 0 bridgehead atoms. The van der Waals surface area contributed by atoms with E-state index in [9.17, 15) is 14.4 Å². The zero-order chi connectivity index (χ0) is 51.6. The molecule has 3 amide bonds. The molecule has 3 unspecified atom stereocenters. The Hall–Kier alpha value is -5.54. The Kier molecular flexibility index (Phi) is 16.1. The van der Waals surface area contributed by atoms with Gasteiger partial charge in [-0.3, -0.25) is 29.6 Å². The second-order valence-corrected chi connectivity index (χ2v) is 22.2. The number of halogens is 1. The number of piperidine rings is 4. The molecule has 14 heteroatoms. The highest BCUT2D eigenvalue weighted by molar-refractivity contribution is 7.28. The number of pyridine rings is 1. The van der Waals surface area contributed by atoms with Crippen molar-refractivity contribution in [2.24, 2.45) is 17.3 Å². The van der Waals surface area contributed by atoms with Gasteiger partial charge in [-0.2, -0.15) is 9.97 Å². The molecule has 0 radical (unpaired) electrons. The number of carbonyl (C=O) groups is 3. The minimum absolute atomic E-state index is 0.0775. The highest BCUT2D eigenvalue weighted by Crippen LogP contribution is 2.47. The van der Waals surface area contributed by atoms with Crippen molar-refractivity contribution in [2.75, 3.05) is 68.8 Å². The minimum atomic E-state index is -0.693. The van der Waals surface area contributed by atoms with E-state index in [1.807, 2.05) is 50.4 Å². The number of hydrogen-bond donors (Lipinski definition) is 1. The maximum atomic E-state index is 15.1. The number of hydrogen-bond acceptors (Lipinski definition) is 10. The van der Waals surface area contributed by atoms with E-state index in [-0.39, 0.29) is 35.1 Å². The van der Waals surface area contributed by atoms with Crippen LogP contribution in [-0.2, 0) is 14.4 Å². The van der Waals surface area contributed by atoms with Gasteiger partial charge in [-0.15, -0.1) is 15.7 Å². The number of aromatic nitrogens is 3. The Balaban J connectivity index is 0.00000324. The number of benzene rings is 3. The lowest BCUT2D eigenvalue weighted by molar-refractivity contribution is -0.135. The number of nitrogens with zero attached hydrogens (tertiary/aromatic N) is 7. The molecule has 5 aromatic rings. The van der Waals surface area contributed by atoms with E-state index in [4.69, 9.17) is 26.1 Å². The average Bonchev–Trinajstić information content (AvgIpc) is 4.16. The van der Waals surface area contributed by atoms with Gasteiger partial charge in [0.25, 0.3) is 0 Å². The summed E-state index contributed by atoms with van der Waals surface area (Å²) in [4.78, 5) is 62.6. The van der Waals surface area contributed by atoms with Crippen LogP contribution < -0.4 is 25.2 Å². The predicted octanol–water partition coefficient (Wildman–Crippen LogP) is 9.76. The fourth-order valence-corrected chi connectivity index (χ4v) is 12.7. The van der Waals surface area contributed by atoms with Crippen molar-refractivity contribution in [1.29, 1.82) is 0 Å². The number of fused-ring (bicyclic) bond motifs is 2. The van der Waals surface area contributed by atoms with Crippen LogP contribution in [0.4, 0.5) is 15.9 Å². The van der Waals surface area contributed by atoms with Crippen molar-refractivity contribution in [3.8, 4) is 29.6 Å². The summed E-state index contributed by atoms with van der Waals surface area (Å²) in [6, 6.07) is 14.9. The van der Waals surface area contributed by atoms with Gasteiger partial charge in [0.1, 0.15) is 17.7 Å². The van der Waals surface area contributed by atoms with Gasteiger partial charge < -0.3 is 19.4 Å². The molecule has 10 rings (SSSR count). The normalized spacial score (nSPS) is 20.9. The highest BCUT2D eigenvalue weighted by atomic mass is 31.0. The summed E-state index contributed by atoms with van der Waals surface area (Å²) in [7, 11) is 2.87. The van der Waals surface area contributed by atoms with E-state index in [1.54, 1.807) is 11.0 Å². The smallest absolute Gasteiger partial charge is 0.318 e. The van der Waals surface area contributed by atoms with Crippen LogP contribution in [0.25, 0.3) is 32.9 Å². The first-order valence-corrected chi connectivity index (χ1v) is 27.6. The fraction of sp³-hybridized carbons (Fsp3) is 0.525. The fourth-order valence-electron chi connectivity index (χ4n) is 12.3. The number of anilines is 2. The lowest BCUT2D eigenvalue weighted by atomic mass is 9.81. The summed E-state index contributed by atoms with van der Waals surface area (Å²) in [6.07, 6.45) is 17.3. The number of terminal acetylenes is 1. The molecular formula is C59H74FN8O4P. The molecule has 5 fully saturated rings. The molecule has 1 N–H and O–H groups in total. The Bertz CT molecular complexity index is 2900. The first-order valence-electron chi connectivity index (χ1n) is 27.0. The van der Waals surface area contributed by atoms with Gasteiger partial charge in [0, 0.05) is 73.1 Å². The van der Waals surface area contributed by atoms with Gasteiger partial charge >= 0.3 is 6.01 Å². The van der Waals surface area contributed by atoms with Gasteiger partial charge in [-0.25, -0.2) is 4.39 Å². The summed E-state index contributed by atoms with van der Waals surface area (Å²) in [5.74, 6) is 3.87. The van der Waals surface area contributed by atoms with Gasteiger partial charge in [-0.1, -0.05) is 76.9 Å². The van der Waals surface area contributed by atoms with E-state index in [0.29, 0.717) is 47.9 Å². The number of rotatable bonds is 13. The number of ether oxygens (including phenoxy) is 1. The maximum Gasteiger partial charge on any atom is 0.318 e. The maximum absolute atomic E-state index is 15.1. The van der Waals surface area contributed by atoms with Crippen molar-refractivity contribution in [3.05, 3.63) is 77.2 Å². The Labute approximate surface area is 433 Å². The van der Waals surface area contributed by atoms with Crippen LogP contribution in [0.5, 0.6) is 6.01 Å². The molecule has 4 saturated heterocycles. The predicted molar refractivity (Wildman–Crippen MR) is 294 cm³/mol. The van der Waals surface area contributed by atoms with E-state index < -0.39 is 17.8 Å². The minimum Gasteiger partial charge on any atom is -0.463 e. The van der Waals surface area contributed by atoms with Crippen LogP contribution >= 0.6 is 9.24 Å². The van der Waals surface area contributed by atoms with E-state index in [0.717, 1.165) is 129 Å². The molecule has 12 nitrogen and oxygen atoms in total. The summed E-state index contributed by atoms with van der Waals surface area (Å²) in [6.45, 7) is 20.9. The zero-order valence-corrected chi connectivity index (χ0v) is 45.0. The first kappa shape index (κ1) is 52.3. The molecule has 73 heavy (non-hydrogen) atoms. The van der Waals surface area contributed by atoms with Crippen molar-refractivity contribution in [1.82, 2.24) is 30.1 Å². The number of imide groups is 1. The largest absolute Gasteiger partial charge is 0.463 e. The molecule has 1 aliphatic carbocycles. The van der Waals surface area contributed by atoms with Gasteiger partial charge in [-0.05, 0) is 136 Å². The Morgan fingerprint density at radius 1 is 0.973 bits per heavy atom. The standard InChI is InChI=1S/C57H68FN8O4P.C2H6/c1-6-41-45(58)16-15-40-11-7-13-43(50(40)41)51-53(71)52-44(30-59-51)54(65-25-9-10-36(4)31-65)62-56(61-52)70-34-57(23-24-57)33-64-26-19-38(20-27-64)32-63-28-21-39(22-29-63)42-12-8-14-46(49(42)35(2)3)66(37(5)67)47-17-18-48(68)60-55(47)69;1-2/h1,7-8,11-16,30,35-36,38-39,47H,9-10,17-29,31-34,71H2,2-5H3,(H,60,68,69);1-2H3.